The van der Waals surface area contributed by atoms with E-state index in [1.54, 1.807) is 29.3 Å². The molecule has 1 atom stereocenters. The Labute approximate surface area is 197 Å². The molecule has 1 aromatic heterocycles. The van der Waals surface area contributed by atoms with E-state index in [1.165, 1.54) is 17.0 Å². The van der Waals surface area contributed by atoms with Crippen LogP contribution in [0.4, 0.5) is 18.0 Å². The zero-order chi connectivity index (χ0) is 24.5. The van der Waals surface area contributed by atoms with Crippen molar-refractivity contribution in [3.05, 3.63) is 65.5 Å². The fraction of sp³-hybridized carbons (Fsp3) is 0.480. The van der Waals surface area contributed by atoms with Gasteiger partial charge in [-0.2, -0.15) is 13.2 Å². The summed E-state index contributed by atoms with van der Waals surface area (Å²) in [6, 6.07) is 10.6. The number of likely N-dealkylation sites (tertiary alicyclic amines) is 1. The number of hydrogen-bond donors (Lipinski definition) is 0. The van der Waals surface area contributed by atoms with Gasteiger partial charge in [0.25, 0.3) is 5.91 Å². The summed E-state index contributed by atoms with van der Waals surface area (Å²) in [5.41, 5.74) is -0.222. The highest BCUT2D eigenvalue weighted by atomic mass is 19.4. The molecule has 1 spiro atoms. The van der Waals surface area contributed by atoms with Crippen LogP contribution in [0.15, 0.2) is 48.7 Å². The first kappa shape index (κ1) is 24.2. The lowest BCUT2D eigenvalue weighted by Gasteiger charge is -2.43. The SMILES string of the molecule is CCN1C(=O)N(Cc2ccccn2)C(=O)C12CCN([C@H](C)Cc1cccc(C(F)(F)F)c1)CC2. The number of aromatic nitrogens is 1. The van der Waals surface area contributed by atoms with Gasteiger partial charge in [-0.1, -0.05) is 24.3 Å². The third-order valence-corrected chi connectivity index (χ3v) is 7.02. The number of urea groups is 1. The highest BCUT2D eigenvalue weighted by molar-refractivity contribution is 6.07. The molecule has 2 aromatic rings. The molecule has 34 heavy (non-hydrogen) atoms. The van der Waals surface area contributed by atoms with Crippen molar-refractivity contribution in [2.75, 3.05) is 19.6 Å². The van der Waals surface area contributed by atoms with E-state index in [4.69, 9.17) is 0 Å². The molecule has 0 unspecified atom stereocenters. The molecule has 2 aliphatic rings. The molecule has 9 heteroatoms. The fourth-order valence-electron chi connectivity index (χ4n) is 5.18. The molecule has 0 aliphatic carbocycles. The van der Waals surface area contributed by atoms with Crippen LogP contribution in [0.5, 0.6) is 0 Å². The molecule has 2 fully saturated rings. The van der Waals surface area contributed by atoms with Gasteiger partial charge in [-0.15, -0.1) is 0 Å². The maximum Gasteiger partial charge on any atom is 0.416 e. The van der Waals surface area contributed by atoms with Crippen molar-refractivity contribution in [1.29, 1.82) is 0 Å². The molecule has 3 heterocycles. The van der Waals surface area contributed by atoms with Gasteiger partial charge >= 0.3 is 12.2 Å². The van der Waals surface area contributed by atoms with Gasteiger partial charge in [-0.3, -0.25) is 14.7 Å². The first-order valence-corrected chi connectivity index (χ1v) is 11.6. The molecule has 1 aromatic carbocycles. The second-order valence-corrected chi connectivity index (χ2v) is 9.06. The van der Waals surface area contributed by atoms with Crippen LogP contribution in [0.3, 0.4) is 0 Å². The normalized spacial score (nSPS) is 19.8. The summed E-state index contributed by atoms with van der Waals surface area (Å²) in [6.07, 6.45) is -1.25. The number of rotatable bonds is 6. The summed E-state index contributed by atoms with van der Waals surface area (Å²) in [5, 5.41) is 0. The zero-order valence-electron chi connectivity index (χ0n) is 19.4. The Hall–Kier alpha value is -2.94. The number of carbonyl (C=O) groups is 2. The van der Waals surface area contributed by atoms with Crippen molar-refractivity contribution in [3.63, 3.8) is 0 Å². The summed E-state index contributed by atoms with van der Waals surface area (Å²) < 4.78 is 39.2. The van der Waals surface area contributed by atoms with E-state index in [0.29, 0.717) is 50.2 Å². The summed E-state index contributed by atoms with van der Waals surface area (Å²) in [7, 11) is 0. The minimum absolute atomic E-state index is 0.00717. The summed E-state index contributed by atoms with van der Waals surface area (Å²) >= 11 is 0. The van der Waals surface area contributed by atoms with Crippen LogP contribution in [-0.4, -0.2) is 62.8 Å². The quantitative estimate of drug-likeness (QED) is 0.584. The number of alkyl halides is 3. The molecular formula is C25H29F3N4O2. The second kappa shape index (κ2) is 9.37. The minimum Gasteiger partial charge on any atom is -0.310 e. The number of piperidine rings is 1. The van der Waals surface area contributed by atoms with Gasteiger partial charge in [0, 0.05) is 31.9 Å². The third-order valence-electron chi connectivity index (χ3n) is 7.02. The fourth-order valence-corrected chi connectivity index (χ4v) is 5.18. The number of pyridine rings is 1. The molecule has 0 N–H and O–H groups in total. The lowest BCUT2D eigenvalue weighted by atomic mass is 9.85. The number of likely N-dealkylation sites (N-methyl/N-ethyl adjacent to an activating group) is 1. The van der Waals surface area contributed by atoms with Crippen molar-refractivity contribution >= 4 is 11.9 Å². The van der Waals surface area contributed by atoms with Gasteiger partial charge in [-0.25, -0.2) is 4.79 Å². The molecule has 182 valence electrons. The number of hydrogen-bond acceptors (Lipinski definition) is 4. The lowest BCUT2D eigenvalue weighted by molar-refractivity contribution is -0.137. The number of nitrogens with zero attached hydrogens (tertiary/aromatic N) is 4. The Balaban J connectivity index is 1.44. The zero-order valence-corrected chi connectivity index (χ0v) is 19.4. The first-order valence-electron chi connectivity index (χ1n) is 11.6. The van der Waals surface area contributed by atoms with Crippen molar-refractivity contribution in [1.82, 2.24) is 19.7 Å². The van der Waals surface area contributed by atoms with Crippen LogP contribution >= 0.6 is 0 Å². The third kappa shape index (κ3) is 4.53. The summed E-state index contributed by atoms with van der Waals surface area (Å²) in [4.78, 5) is 36.0. The summed E-state index contributed by atoms with van der Waals surface area (Å²) in [6.45, 7) is 5.63. The molecule has 0 saturated carbocycles. The predicted molar refractivity (Wildman–Crippen MR) is 121 cm³/mol. The van der Waals surface area contributed by atoms with E-state index in [-0.39, 0.29) is 24.5 Å². The number of imide groups is 1. The molecule has 2 aliphatic heterocycles. The van der Waals surface area contributed by atoms with Crippen LogP contribution in [0.1, 0.15) is 43.5 Å². The van der Waals surface area contributed by atoms with E-state index in [2.05, 4.69) is 9.88 Å². The molecule has 4 rings (SSSR count). The second-order valence-electron chi connectivity index (χ2n) is 9.06. The highest BCUT2D eigenvalue weighted by Crippen LogP contribution is 2.38. The van der Waals surface area contributed by atoms with Crippen LogP contribution in [0, 0.1) is 0 Å². The van der Waals surface area contributed by atoms with Gasteiger partial charge in [-0.05, 0) is 56.9 Å². The lowest BCUT2D eigenvalue weighted by Crippen LogP contribution is -2.57. The van der Waals surface area contributed by atoms with E-state index in [0.717, 1.165) is 6.07 Å². The van der Waals surface area contributed by atoms with Gasteiger partial charge in [0.1, 0.15) is 5.54 Å². The van der Waals surface area contributed by atoms with E-state index in [9.17, 15) is 22.8 Å². The average molecular weight is 475 g/mol. The highest BCUT2D eigenvalue weighted by Gasteiger charge is 2.57. The molecule has 2 saturated heterocycles. The van der Waals surface area contributed by atoms with E-state index in [1.807, 2.05) is 19.9 Å². The Morgan fingerprint density at radius 2 is 1.82 bits per heavy atom. The van der Waals surface area contributed by atoms with E-state index < -0.39 is 17.3 Å². The minimum atomic E-state index is -4.36. The average Bonchev–Trinajstić information content (AvgIpc) is 3.00. The van der Waals surface area contributed by atoms with Crippen molar-refractivity contribution in [3.8, 4) is 0 Å². The Kier molecular flexibility index (Phi) is 6.66. The largest absolute Gasteiger partial charge is 0.416 e. The first-order chi connectivity index (χ1) is 16.2. The molecule has 0 radical (unpaired) electrons. The number of carbonyl (C=O) groups excluding carboxylic acids is 2. The molecular weight excluding hydrogens is 445 g/mol. The Morgan fingerprint density at radius 1 is 1.09 bits per heavy atom. The van der Waals surface area contributed by atoms with Crippen LogP contribution < -0.4 is 0 Å². The van der Waals surface area contributed by atoms with Crippen LogP contribution in [-0.2, 0) is 23.9 Å². The van der Waals surface area contributed by atoms with Gasteiger partial charge < -0.3 is 9.80 Å². The van der Waals surface area contributed by atoms with Crippen molar-refractivity contribution < 1.29 is 22.8 Å². The van der Waals surface area contributed by atoms with Gasteiger partial charge in [0.15, 0.2) is 0 Å². The van der Waals surface area contributed by atoms with E-state index >= 15 is 0 Å². The van der Waals surface area contributed by atoms with Crippen molar-refractivity contribution in [2.24, 2.45) is 0 Å². The van der Waals surface area contributed by atoms with Crippen LogP contribution in [0.2, 0.25) is 0 Å². The van der Waals surface area contributed by atoms with Gasteiger partial charge in [0.2, 0.25) is 0 Å². The van der Waals surface area contributed by atoms with Crippen LogP contribution in [0.25, 0.3) is 0 Å². The maximum absolute atomic E-state index is 13.5. The number of amides is 3. The molecule has 3 amide bonds. The monoisotopic (exact) mass is 474 g/mol. The number of halogens is 3. The Bertz CT molecular complexity index is 1040. The predicted octanol–water partition coefficient (Wildman–Crippen LogP) is 4.35. The number of benzene rings is 1. The summed E-state index contributed by atoms with van der Waals surface area (Å²) in [5.74, 6) is -0.185. The molecule has 0 bridgehead atoms. The van der Waals surface area contributed by atoms with Crippen molar-refractivity contribution in [2.45, 2.75) is 57.4 Å². The smallest absolute Gasteiger partial charge is 0.310 e. The van der Waals surface area contributed by atoms with Gasteiger partial charge in [0.05, 0.1) is 17.8 Å². The topological polar surface area (TPSA) is 56.8 Å². The maximum atomic E-state index is 13.5. The Morgan fingerprint density at radius 3 is 2.44 bits per heavy atom. The standard InChI is InChI=1S/C25H29F3N4O2/c1-3-32-23(34)31(17-21-9-4-5-12-29-21)22(33)24(32)10-13-30(14-11-24)18(2)15-19-7-6-8-20(16-19)25(26,27)28/h4-9,12,16,18H,3,10-11,13-15,17H2,1-2H3/t18-/m1/s1. The molecule has 6 nitrogen and oxygen atoms in total.